The van der Waals surface area contributed by atoms with Crippen LogP contribution in [0.5, 0.6) is 0 Å². The zero-order chi connectivity index (χ0) is 16.8. The van der Waals surface area contributed by atoms with Crippen LogP contribution >= 0.6 is 35.0 Å². The molecule has 0 aliphatic carbocycles. The topological polar surface area (TPSA) is 66.8 Å². The lowest BCUT2D eigenvalue weighted by molar-refractivity contribution is -0.146. The number of rotatable bonds is 6. The Balaban J connectivity index is 1.79. The lowest BCUT2D eigenvalue weighted by Gasteiger charge is -2.32. The van der Waals surface area contributed by atoms with Gasteiger partial charge in [0.1, 0.15) is 0 Å². The predicted octanol–water partition coefficient (Wildman–Crippen LogP) is 2.93. The van der Waals surface area contributed by atoms with E-state index in [4.69, 9.17) is 33.0 Å². The molecule has 5 nitrogen and oxygen atoms in total. The Morgan fingerprint density at radius 3 is 2.87 bits per heavy atom. The molecule has 1 unspecified atom stereocenters. The number of thioether (sulfide) groups is 1. The molecule has 8 heteroatoms. The summed E-state index contributed by atoms with van der Waals surface area (Å²) in [4.78, 5) is 24.6. The number of carboxylic acid groups (broad SMARTS) is 1. The Morgan fingerprint density at radius 2 is 2.17 bits per heavy atom. The molecule has 1 atom stereocenters. The van der Waals surface area contributed by atoms with Crippen LogP contribution in [0.15, 0.2) is 18.2 Å². The van der Waals surface area contributed by atoms with Crippen LogP contribution in [0.4, 0.5) is 0 Å². The third-order valence-electron chi connectivity index (χ3n) is 3.39. The molecule has 2 rings (SSSR count). The summed E-state index contributed by atoms with van der Waals surface area (Å²) in [5.41, 5.74) is 0.930. The van der Waals surface area contributed by atoms with Gasteiger partial charge in [-0.3, -0.25) is 9.59 Å². The molecule has 0 saturated carbocycles. The normalized spacial score (nSPS) is 18.0. The van der Waals surface area contributed by atoms with E-state index in [2.05, 4.69) is 0 Å². The number of hydrogen-bond donors (Lipinski definition) is 1. The minimum Gasteiger partial charge on any atom is -0.481 e. The Hall–Kier alpha value is -0.950. The number of nitrogens with zero attached hydrogens (tertiary/aromatic N) is 1. The molecule has 0 bridgehead atoms. The summed E-state index contributed by atoms with van der Waals surface area (Å²) in [5, 5.41) is 9.96. The number of carboxylic acids is 1. The SMILES string of the molecule is O=C(O)CC1CN(C(=O)CSCc2ccc(Cl)cc2Cl)CCO1. The van der Waals surface area contributed by atoms with Crippen LogP contribution in [-0.2, 0) is 20.1 Å². The lowest BCUT2D eigenvalue weighted by Crippen LogP contribution is -2.46. The van der Waals surface area contributed by atoms with Gasteiger partial charge in [0.15, 0.2) is 0 Å². The van der Waals surface area contributed by atoms with Crippen molar-refractivity contribution < 1.29 is 19.4 Å². The van der Waals surface area contributed by atoms with Crippen LogP contribution in [0.25, 0.3) is 0 Å². The molecule has 1 aliphatic heterocycles. The molecule has 0 radical (unpaired) electrons. The standard InChI is InChI=1S/C15H17Cl2NO4S/c16-11-2-1-10(13(17)5-11)8-23-9-14(19)18-3-4-22-12(7-18)6-15(20)21/h1-2,5,12H,3-4,6-9H2,(H,20,21). The van der Waals surface area contributed by atoms with Crippen molar-refractivity contribution in [1.29, 1.82) is 0 Å². The smallest absolute Gasteiger partial charge is 0.306 e. The molecule has 1 aromatic carbocycles. The summed E-state index contributed by atoms with van der Waals surface area (Å²) in [6.45, 7) is 1.20. The number of carbonyl (C=O) groups is 2. The minimum atomic E-state index is -0.920. The Kier molecular flexibility index (Phi) is 7.02. The number of benzene rings is 1. The van der Waals surface area contributed by atoms with E-state index in [1.54, 1.807) is 17.0 Å². The monoisotopic (exact) mass is 377 g/mol. The molecule has 0 aromatic heterocycles. The third kappa shape index (κ3) is 5.88. The Morgan fingerprint density at radius 1 is 1.39 bits per heavy atom. The second kappa shape index (κ2) is 8.78. The van der Waals surface area contributed by atoms with Gasteiger partial charge in [-0.1, -0.05) is 29.3 Å². The quantitative estimate of drug-likeness (QED) is 0.825. The van der Waals surface area contributed by atoms with Crippen molar-refractivity contribution in [3.63, 3.8) is 0 Å². The van der Waals surface area contributed by atoms with Crippen molar-refractivity contribution in [2.24, 2.45) is 0 Å². The van der Waals surface area contributed by atoms with Gasteiger partial charge in [0, 0.05) is 28.9 Å². The molecule has 1 aromatic rings. The Bertz CT molecular complexity index is 585. The first kappa shape index (κ1) is 18.4. The second-order valence-corrected chi connectivity index (χ2v) is 6.99. The van der Waals surface area contributed by atoms with Gasteiger partial charge in [-0.15, -0.1) is 11.8 Å². The zero-order valence-electron chi connectivity index (χ0n) is 12.3. The molecule has 1 saturated heterocycles. The van der Waals surface area contributed by atoms with Gasteiger partial charge in [0.25, 0.3) is 0 Å². The van der Waals surface area contributed by atoms with Gasteiger partial charge < -0.3 is 14.7 Å². The van der Waals surface area contributed by atoms with E-state index in [1.807, 2.05) is 6.07 Å². The third-order valence-corrected chi connectivity index (χ3v) is 4.95. The van der Waals surface area contributed by atoms with Crippen molar-refractivity contribution >= 4 is 46.8 Å². The molecule has 23 heavy (non-hydrogen) atoms. The van der Waals surface area contributed by atoms with Crippen LogP contribution < -0.4 is 0 Å². The molecule has 1 aliphatic rings. The van der Waals surface area contributed by atoms with Gasteiger partial charge in [0.2, 0.25) is 5.91 Å². The van der Waals surface area contributed by atoms with Crippen molar-refractivity contribution in [1.82, 2.24) is 4.90 Å². The highest BCUT2D eigenvalue weighted by Crippen LogP contribution is 2.25. The number of amides is 1. The van der Waals surface area contributed by atoms with Crippen molar-refractivity contribution in [3.05, 3.63) is 33.8 Å². The van der Waals surface area contributed by atoms with Gasteiger partial charge in [-0.05, 0) is 17.7 Å². The summed E-state index contributed by atoms with van der Waals surface area (Å²) in [6.07, 6.45) is -0.516. The molecule has 1 heterocycles. The molecule has 1 amide bonds. The summed E-state index contributed by atoms with van der Waals surface area (Å²) < 4.78 is 5.36. The highest BCUT2D eigenvalue weighted by molar-refractivity contribution is 7.99. The average Bonchev–Trinajstić information content (AvgIpc) is 2.49. The summed E-state index contributed by atoms with van der Waals surface area (Å²) in [7, 11) is 0. The maximum Gasteiger partial charge on any atom is 0.306 e. The number of ether oxygens (including phenoxy) is 1. The second-order valence-electron chi connectivity index (χ2n) is 5.16. The number of morpholine rings is 1. The first-order valence-electron chi connectivity index (χ1n) is 7.08. The molecule has 1 fully saturated rings. The molecule has 0 spiro atoms. The van der Waals surface area contributed by atoms with Gasteiger partial charge in [-0.2, -0.15) is 0 Å². The number of carbonyl (C=O) groups excluding carboxylic acids is 1. The van der Waals surface area contributed by atoms with Crippen molar-refractivity contribution in [3.8, 4) is 0 Å². The number of halogens is 2. The van der Waals surface area contributed by atoms with E-state index in [9.17, 15) is 9.59 Å². The van der Waals surface area contributed by atoms with Crippen molar-refractivity contribution in [2.45, 2.75) is 18.3 Å². The van der Waals surface area contributed by atoms with Crippen LogP contribution in [0.3, 0.4) is 0 Å². The summed E-state index contributed by atoms with van der Waals surface area (Å²) in [6, 6.07) is 5.29. The van der Waals surface area contributed by atoms with Crippen LogP contribution in [0.1, 0.15) is 12.0 Å². The fourth-order valence-corrected chi connectivity index (χ4v) is 3.73. The van der Waals surface area contributed by atoms with Crippen LogP contribution in [0, 0.1) is 0 Å². The first-order valence-corrected chi connectivity index (χ1v) is 8.99. The van der Waals surface area contributed by atoms with Gasteiger partial charge >= 0.3 is 5.97 Å². The molecular weight excluding hydrogens is 361 g/mol. The maximum absolute atomic E-state index is 12.2. The Labute approximate surface area is 148 Å². The van der Waals surface area contributed by atoms with E-state index in [0.29, 0.717) is 41.2 Å². The largest absolute Gasteiger partial charge is 0.481 e. The fraction of sp³-hybridized carbons (Fsp3) is 0.467. The number of aliphatic carboxylic acids is 1. The molecule has 1 N–H and O–H groups in total. The zero-order valence-corrected chi connectivity index (χ0v) is 14.7. The van der Waals surface area contributed by atoms with Crippen molar-refractivity contribution in [2.75, 3.05) is 25.4 Å². The number of hydrogen-bond acceptors (Lipinski definition) is 4. The van der Waals surface area contributed by atoms with Crippen LogP contribution in [0.2, 0.25) is 10.0 Å². The highest BCUT2D eigenvalue weighted by Gasteiger charge is 2.25. The van der Waals surface area contributed by atoms with Gasteiger partial charge in [-0.25, -0.2) is 0 Å². The van der Waals surface area contributed by atoms with Crippen LogP contribution in [-0.4, -0.2) is 53.4 Å². The first-order chi connectivity index (χ1) is 11.0. The van der Waals surface area contributed by atoms with Gasteiger partial charge in [0.05, 0.1) is 24.9 Å². The highest BCUT2D eigenvalue weighted by atomic mass is 35.5. The van der Waals surface area contributed by atoms with E-state index < -0.39 is 12.1 Å². The van der Waals surface area contributed by atoms with E-state index in [-0.39, 0.29) is 12.3 Å². The average molecular weight is 378 g/mol. The summed E-state index contributed by atoms with van der Waals surface area (Å²) >= 11 is 13.4. The minimum absolute atomic E-state index is 0.0150. The fourth-order valence-electron chi connectivity index (χ4n) is 2.24. The molecular formula is C15H17Cl2NO4S. The lowest BCUT2D eigenvalue weighted by atomic mass is 10.2. The molecule has 126 valence electrons. The van der Waals surface area contributed by atoms with E-state index in [1.165, 1.54) is 11.8 Å². The van der Waals surface area contributed by atoms with E-state index in [0.717, 1.165) is 5.56 Å². The maximum atomic E-state index is 12.2. The van der Waals surface area contributed by atoms with E-state index >= 15 is 0 Å². The summed E-state index contributed by atoms with van der Waals surface area (Å²) in [5.74, 6) is -0.00143. The predicted molar refractivity (Wildman–Crippen MR) is 91.2 cm³/mol.